The van der Waals surface area contributed by atoms with Gasteiger partial charge in [0.25, 0.3) is 5.91 Å². The largest absolute Gasteiger partial charge is 0.351 e. The molecule has 0 aliphatic carbocycles. The topological polar surface area (TPSA) is 75.4 Å². The molecule has 1 N–H and O–H groups in total. The Hall–Kier alpha value is -2.70. The van der Waals surface area contributed by atoms with Gasteiger partial charge in [0.1, 0.15) is 5.82 Å². The zero-order valence-corrected chi connectivity index (χ0v) is 11.6. The molecule has 1 heterocycles. The summed E-state index contributed by atoms with van der Waals surface area (Å²) in [6, 6.07) is 7.00. The van der Waals surface area contributed by atoms with Crippen molar-refractivity contribution in [2.45, 2.75) is 6.92 Å². The van der Waals surface area contributed by atoms with Gasteiger partial charge in [-0.3, -0.25) is 9.59 Å². The molecule has 1 aromatic heterocycles. The molecule has 21 heavy (non-hydrogen) atoms. The molecule has 0 aliphatic heterocycles. The summed E-state index contributed by atoms with van der Waals surface area (Å²) in [6.45, 7) is 1.51. The van der Waals surface area contributed by atoms with E-state index in [9.17, 15) is 14.0 Å². The maximum atomic E-state index is 13.0. The number of likely N-dealkylation sites (N-methyl/N-ethyl adjacent to an activating group) is 1. The number of nitrogens with zero attached hydrogens (tertiary/aromatic N) is 2. The number of amides is 2. The van der Waals surface area contributed by atoms with E-state index < -0.39 is 17.6 Å². The lowest BCUT2D eigenvalue weighted by Crippen LogP contribution is -2.34. The third-order valence-electron chi connectivity index (χ3n) is 2.67. The molecule has 6 nitrogen and oxygen atoms in total. The lowest BCUT2D eigenvalue weighted by Gasteiger charge is -2.15. The maximum absolute atomic E-state index is 13.0. The molecule has 0 bridgehead atoms. The van der Waals surface area contributed by atoms with Crippen molar-refractivity contribution in [3.05, 3.63) is 47.6 Å². The standard InChI is InChI=1S/C14H14FN3O3/c1-9-6-12(21-17-9)14(20)18(2)8-13(19)16-11-5-3-4-10(15)7-11/h3-7H,8H2,1-2H3,(H,16,19). The van der Waals surface area contributed by atoms with Gasteiger partial charge in [-0.1, -0.05) is 11.2 Å². The van der Waals surface area contributed by atoms with E-state index in [1.54, 1.807) is 13.0 Å². The SMILES string of the molecule is Cc1cc(C(=O)N(C)CC(=O)Nc2cccc(F)c2)on1. The summed E-state index contributed by atoms with van der Waals surface area (Å²) < 4.78 is 17.8. The van der Waals surface area contributed by atoms with E-state index in [1.165, 1.54) is 36.2 Å². The first-order chi connectivity index (χ1) is 9.95. The number of hydrogen-bond donors (Lipinski definition) is 1. The van der Waals surface area contributed by atoms with Crippen LogP contribution in [0, 0.1) is 12.7 Å². The van der Waals surface area contributed by atoms with Crippen molar-refractivity contribution in [1.29, 1.82) is 0 Å². The Morgan fingerprint density at radius 1 is 1.38 bits per heavy atom. The first-order valence-corrected chi connectivity index (χ1v) is 6.20. The number of aromatic nitrogens is 1. The summed E-state index contributed by atoms with van der Waals surface area (Å²) in [4.78, 5) is 24.9. The van der Waals surface area contributed by atoms with Gasteiger partial charge >= 0.3 is 0 Å². The minimum absolute atomic E-state index is 0.0635. The van der Waals surface area contributed by atoms with Gasteiger partial charge in [0.05, 0.1) is 12.2 Å². The number of hydrogen-bond acceptors (Lipinski definition) is 4. The lowest BCUT2D eigenvalue weighted by atomic mass is 10.3. The molecule has 2 rings (SSSR count). The Balaban J connectivity index is 1.94. The Kier molecular flexibility index (Phi) is 4.32. The van der Waals surface area contributed by atoms with E-state index in [1.807, 2.05) is 0 Å². The molecule has 0 fully saturated rings. The van der Waals surface area contributed by atoms with Crippen molar-refractivity contribution < 1.29 is 18.5 Å². The smallest absolute Gasteiger partial charge is 0.292 e. The van der Waals surface area contributed by atoms with Gasteiger partial charge in [0.2, 0.25) is 11.7 Å². The van der Waals surface area contributed by atoms with Crippen LogP contribution >= 0.6 is 0 Å². The minimum atomic E-state index is -0.454. The van der Waals surface area contributed by atoms with Crippen molar-refractivity contribution in [1.82, 2.24) is 10.1 Å². The normalized spacial score (nSPS) is 10.2. The van der Waals surface area contributed by atoms with Crippen LogP contribution in [-0.2, 0) is 4.79 Å². The van der Waals surface area contributed by atoms with Gasteiger partial charge < -0.3 is 14.7 Å². The Morgan fingerprint density at radius 3 is 2.76 bits per heavy atom. The zero-order valence-electron chi connectivity index (χ0n) is 11.6. The number of anilines is 1. The molecule has 1 aromatic carbocycles. The molecule has 0 radical (unpaired) electrons. The molecular weight excluding hydrogens is 277 g/mol. The number of halogens is 1. The molecule has 7 heteroatoms. The number of aryl methyl sites for hydroxylation is 1. The monoisotopic (exact) mass is 291 g/mol. The number of nitrogens with one attached hydrogen (secondary N) is 1. The third kappa shape index (κ3) is 3.88. The molecular formula is C14H14FN3O3. The zero-order chi connectivity index (χ0) is 15.4. The third-order valence-corrected chi connectivity index (χ3v) is 2.67. The van der Waals surface area contributed by atoms with Gasteiger partial charge in [-0.2, -0.15) is 0 Å². The first kappa shape index (κ1) is 14.7. The van der Waals surface area contributed by atoms with Gasteiger partial charge in [0.15, 0.2) is 0 Å². The first-order valence-electron chi connectivity index (χ1n) is 6.20. The quantitative estimate of drug-likeness (QED) is 0.932. The van der Waals surface area contributed by atoms with Crippen molar-refractivity contribution in [3.8, 4) is 0 Å². The summed E-state index contributed by atoms with van der Waals surface area (Å²) >= 11 is 0. The van der Waals surface area contributed by atoms with E-state index in [2.05, 4.69) is 10.5 Å². The average Bonchev–Trinajstić information content (AvgIpc) is 2.84. The molecule has 0 spiro atoms. The van der Waals surface area contributed by atoms with Crippen LogP contribution in [0.3, 0.4) is 0 Å². The van der Waals surface area contributed by atoms with E-state index in [0.29, 0.717) is 11.4 Å². The van der Waals surface area contributed by atoms with Crippen LogP contribution in [0.1, 0.15) is 16.2 Å². The highest BCUT2D eigenvalue weighted by Crippen LogP contribution is 2.09. The van der Waals surface area contributed by atoms with Gasteiger partial charge in [-0.15, -0.1) is 0 Å². The second-order valence-electron chi connectivity index (χ2n) is 4.55. The molecule has 0 unspecified atom stereocenters. The Morgan fingerprint density at radius 2 is 2.14 bits per heavy atom. The average molecular weight is 291 g/mol. The molecule has 0 aliphatic rings. The van der Waals surface area contributed by atoms with E-state index in [4.69, 9.17) is 4.52 Å². The summed E-state index contributed by atoms with van der Waals surface area (Å²) in [7, 11) is 1.46. The van der Waals surface area contributed by atoms with E-state index >= 15 is 0 Å². The molecule has 110 valence electrons. The molecule has 0 saturated heterocycles. The lowest BCUT2D eigenvalue weighted by molar-refractivity contribution is -0.116. The van der Waals surface area contributed by atoms with Crippen LogP contribution in [0.2, 0.25) is 0 Å². The van der Waals surface area contributed by atoms with Gasteiger partial charge in [-0.25, -0.2) is 4.39 Å². The van der Waals surface area contributed by atoms with Crippen LogP contribution in [0.25, 0.3) is 0 Å². The fourth-order valence-corrected chi connectivity index (χ4v) is 1.71. The fourth-order valence-electron chi connectivity index (χ4n) is 1.71. The maximum Gasteiger partial charge on any atom is 0.292 e. The molecule has 0 atom stereocenters. The highest BCUT2D eigenvalue weighted by atomic mass is 19.1. The number of rotatable bonds is 4. The van der Waals surface area contributed by atoms with Crippen LogP contribution in [-0.4, -0.2) is 35.5 Å². The number of carbonyl (C=O) groups is 2. The van der Waals surface area contributed by atoms with Crippen LogP contribution < -0.4 is 5.32 Å². The number of carbonyl (C=O) groups excluding carboxylic acids is 2. The van der Waals surface area contributed by atoms with Crippen molar-refractivity contribution in [3.63, 3.8) is 0 Å². The van der Waals surface area contributed by atoms with Crippen molar-refractivity contribution in [2.24, 2.45) is 0 Å². The Bertz CT molecular complexity index is 669. The van der Waals surface area contributed by atoms with Crippen molar-refractivity contribution in [2.75, 3.05) is 18.9 Å². The minimum Gasteiger partial charge on any atom is -0.351 e. The molecule has 0 saturated carbocycles. The number of benzene rings is 1. The predicted octanol–water partition coefficient (Wildman–Crippen LogP) is 1.83. The second-order valence-corrected chi connectivity index (χ2v) is 4.55. The highest BCUT2D eigenvalue weighted by molar-refractivity contribution is 5.97. The summed E-state index contributed by atoms with van der Waals surface area (Å²) in [6.07, 6.45) is 0. The van der Waals surface area contributed by atoms with E-state index in [-0.39, 0.29) is 12.3 Å². The van der Waals surface area contributed by atoms with Crippen LogP contribution in [0.15, 0.2) is 34.9 Å². The highest BCUT2D eigenvalue weighted by Gasteiger charge is 2.19. The van der Waals surface area contributed by atoms with Crippen molar-refractivity contribution >= 4 is 17.5 Å². The fraction of sp³-hybridized carbons (Fsp3) is 0.214. The second kappa shape index (κ2) is 6.17. The van der Waals surface area contributed by atoms with Crippen LogP contribution in [0.4, 0.5) is 10.1 Å². The van der Waals surface area contributed by atoms with E-state index in [0.717, 1.165) is 0 Å². The predicted molar refractivity (Wildman–Crippen MR) is 73.2 cm³/mol. The van der Waals surface area contributed by atoms with Crippen LogP contribution in [0.5, 0.6) is 0 Å². The summed E-state index contributed by atoms with van der Waals surface area (Å²) in [5, 5.41) is 6.12. The molecule has 2 aromatic rings. The summed E-state index contributed by atoms with van der Waals surface area (Å²) in [5.74, 6) is -1.28. The molecule has 2 amide bonds. The Labute approximate surface area is 120 Å². The van der Waals surface area contributed by atoms with Gasteiger partial charge in [0, 0.05) is 18.8 Å². The van der Waals surface area contributed by atoms with Gasteiger partial charge in [-0.05, 0) is 25.1 Å². The summed E-state index contributed by atoms with van der Waals surface area (Å²) in [5.41, 5.74) is 0.910.